The zero-order valence-electron chi connectivity index (χ0n) is 10.4. The van der Waals surface area contributed by atoms with E-state index < -0.39 is 22.9 Å². The van der Waals surface area contributed by atoms with Crippen LogP contribution < -0.4 is 10.9 Å². The predicted octanol–water partition coefficient (Wildman–Crippen LogP) is -0.800. The molecule has 20 heavy (non-hydrogen) atoms. The number of carbonyl (C=O) groups is 1. The van der Waals surface area contributed by atoms with E-state index in [9.17, 15) is 14.7 Å². The minimum Gasteiger partial charge on any atom is -0.492 e. The van der Waals surface area contributed by atoms with Crippen LogP contribution in [0.15, 0.2) is 16.4 Å². The molecule has 0 aliphatic rings. The van der Waals surface area contributed by atoms with Gasteiger partial charge in [0.25, 0.3) is 11.5 Å². The Morgan fingerprint density at radius 3 is 3.05 bits per heavy atom. The van der Waals surface area contributed by atoms with Crippen LogP contribution in [0.5, 0.6) is 5.88 Å². The van der Waals surface area contributed by atoms with Crippen LogP contribution in [0.25, 0.3) is 4.96 Å². The van der Waals surface area contributed by atoms with Crippen LogP contribution in [-0.2, 0) is 4.74 Å². The summed E-state index contributed by atoms with van der Waals surface area (Å²) in [5, 5.41) is 22.3. The molecule has 9 heteroatoms. The Balaban J connectivity index is 2.11. The van der Waals surface area contributed by atoms with Crippen molar-refractivity contribution < 1.29 is 19.7 Å². The van der Waals surface area contributed by atoms with Crippen LogP contribution >= 0.6 is 11.3 Å². The second-order valence-corrected chi connectivity index (χ2v) is 4.64. The zero-order chi connectivity index (χ0) is 14.5. The maximum Gasteiger partial charge on any atom is 0.275 e. The molecule has 108 valence electrons. The molecule has 0 aromatic carbocycles. The number of thiazole rings is 1. The number of ether oxygens (including phenoxy) is 1. The van der Waals surface area contributed by atoms with E-state index >= 15 is 0 Å². The third kappa shape index (κ3) is 2.95. The number of nitrogens with one attached hydrogen (secondary N) is 1. The topological polar surface area (TPSA) is 113 Å². The molecule has 2 rings (SSSR count). The van der Waals surface area contributed by atoms with Crippen LogP contribution in [0, 0.1) is 0 Å². The lowest BCUT2D eigenvalue weighted by Crippen LogP contribution is -2.33. The van der Waals surface area contributed by atoms with E-state index in [1.54, 1.807) is 5.38 Å². The van der Waals surface area contributed by atoms with E-state index in [-0.39, 0.29) is 26.4 Å². The molecule has 3 N–H and O–H groups in total. The molecule has 2 aromatic heterocycles. The largest absolute Gasteiger partial charge is 0.492 e. The van der Waals surface area contributed by atoms with E-state index in [0.29, 0.717) is 4.96 Å². The third-order valence-electron chi connectivity index (χ3n) is 2.44. The van der Waals surface area contributed by atoms with Crippen molar-refractivity contribution in [3.05, 3.63) is 27.5 Å². The Bertz CT molecular complexity index is 666. The van der Waals surface area contributed by atoms with Gasteiger partial charge in [0.1, 0.15) is 0 Å². The molecule has 0 spiro atoms. The summed E-state index contributed by atoms with van der Waals surface area (Å²) in [7, 11) is 0. The molecule has 0 saturated carbocycles. The summed E-state index contributed by atoms with van der Waals surface area (Å²) in [6, 6.07) is 0. The van der Waals surface area contributed by atoms with E-state index in [0.717, 1.165) is 0 Å². The number of aromatic hydroxyl groups is 1. The number of aliphatic hydroxyl groups excluding tert-OH is 1. The maximum absolute atomic E-state index is 12.0. The molecule has 0 unspecified atom stereocenters. The number of rotatable bonds is 6. The number of aromatic nitrogens is 2. The summed E-state index contributed by atoms with van der Waals surface area (Å²) in [4.78, 5) is 28.0. The predicted molar refractivity (Wildman–Crippen MR) is 71.2 cm³/mol. The SMILES string of the molecule is O=C(NCCOCCO)c1c(O)nc2sccn2c1=O. The Hall–Kier alpha value is -1.97. The van der Waals surface area contributed by atoms with Gasteiger partial charge in [-0.3, -0.25) is 14.0 Å². The first-order valence-corrected chi connectivity index (χ1v) is 6.68. The van der Waals surface area contributed by atoms with Crippen LogP contribution in [0.1, 0.15) is 10.4 Å². The molecule has 2 aromatic rings. The first kappa shape index (κ1) is 14.4. The van der Waals surface area contributed by atoms with Gasteiger partial charge < -0.3 is 20.3 Å². The van der Waals surface area contributed by atoms with Gasteiger partial charge >= 0.3 is 0 Å². The molecular formula is C11H13N3O5S. The van der Waals surface area contributed by atoms with Crippen LogP contribution in [-0.4, -0.2) is 51.9 Å². The highest BCUT2D eigenvalue weighted by Gasteiger charge is 2.19. The molecule has 0 aliphatic carbocycles. The summed E-state index contributed by atoms with van der Waals surface area (Å²) < 4.78 is 6.16. The van der Waals surface area contributed by atoms with Gasteiger partial charge in [0.05, 0.1) is 19.8 Å². The second kappa shape index (κ2) is 6.46. The van der Waals surface area contributed by atoms with Crippen molar-refractivity contribution in [3.63, 3.8) is 0 Å². The summed E-state index contributed by atoms with van der Waals surface area (Å²) in [5.74, 6) is -1.31. The molecule has 0 radical (unpaired) electrons. The summed E-state index contributed by atoms with van der Waals surface area (Å²) in [6.45, 7) is 0.424. The molecule has 0 atom stereocenters. The molecule has 0 bridgehead atoms. The van der Waals surface area contributed by atoms with E-state index in [4.69, 9.17) is 9.84 Å². The Labute approximate surface area is 117 Å². The van der Waals surface area contributed by atoms with Gasteiger partial charge in [-0.1, -0.05) is 0 Å². The lowest BCUT2D eigenvalue weighted by atomic mass is 10.3. The van der Waals surface area contributed by atoms with Gasteiger partial charge in [-0.25, -0.2) is 0 Å². The zero-order valence-corrected chi connectivity index (χ0v) is 11.2. The van der Waals surface area contributed by atoms with E-state index in [1.165, 1.54) is 21.9 Å². The number of hydrogen-bond acceptors (Lipinski definition) is 7. The van der Waals surface area contributed by atoms with Crippen LogP contribution in [0.4, 0.5) is 0 Å². The Kier molecular flexibility index (Phi) is 4.66. The number of nitrogens with zero attached hydrogens (tertiary/aromatic N) is 2. The van der Waals surface area contributed by atoms with Crippen molar-refractivity contribution in [3.8, 4) is 5.88 Å². The fourth-order valence-corrected chi connectivity index (χ4v) is 2.26. The highest BCUT2D eigenvalue weighted by molar-refractivity contribution is 7.15. The molecule has 8 nitrogen and oxygen atoms in total. The lowest BCUT2D eigenvalue weighted by molar-refractivity contribution is 0.0835. The highest BCUT2D eigenvalue weighted by atomic mass is 32.1. The third-order valence-corrected chi connectivity index (χ3v) is 3.20. The second-order valence-electron chi connectivity index (χ2n) is 3.76. The molecule has 2 heterocycles. The lowest BCUT2D eigenvalue weighted by Gasteiger charge is -2.06. The summed E-state index contributed by atoms with van der Waals surface area (Å²) >= 11 is 1.18. The number of fused-ring (bicyclic) bond motifs is 1. The molecule has 1 amide bonds. The van der Waals surface area contributed by atoms with E-state index in [1.807, 2.05) is 0 Å². The minimum atomic E-state index is -0.715. The minimum absolute atomic E-state index is 0.102. The average Bonchev–Trinajstić information content (AvgIpc) is 2.87. The number of amides is 1. The Morgan fingerprint density at radius 2 is 2.30 bits per heavy atom. The Morgan fingerprint density at radius 1 is 1.50 bits per heavy atom. The fraction of sp³-hybridized carbons (Fsp3) is 0.364. The van der Waals surface area contributed by atoms with Crippen molar-refractivity contribution in [2.45, 2.75) is 0 Å². The number of aliphatic hydroxyl groups is 1. The normalized spacial score (nSPS) is 10.8. The van der Waals surface area contributed by atoms with Gasteiger partial charge in [-0.2, -0.15) is 4.98 Å². The van der Waals surface area contributed by atoms with Crippen molar-refractivity contribution in [1.82, 2.24) is 14.7 Å². The monoisotopic (exact) mass is 299 g/mol. The van der Waals surface area contributed by atoms with Crippen molar-refractivity contribution in [2.75, 3.05) is 26.4 Å². The standard InChI is InChI=1S/C11H13N3O5S/c15-3-5-19-4-1-12-8(16)7-9(17)13-11-14(10(7)18)2-6-20-11/h2,6,15,17H,1,3-5H2,(H,12,16). The number of carbonyl (C=O) groups excluding carboxylic acids is 1. The molecule has 0 fully saturated rings. The van der Waals surface area contributed by atoms with Crippen LogP contribution in [0.2, 0.25) is 0 Å². The first-order valence-electron chi connectivity index (χ1n) is 5.80. The molecule has 0 aliphatic heterocycles. The highest BCUT2D eigenvalue weighted by Crippen LogP contribution is 2.14. The van der Waals surface area contributed by atoms with Crippen molar-refractivity contribution in [2.24, 2.45) is 0 Å². The van der Waals surface area contributed by atoms with Crippen molar-refractivity contribution >= 4 is 22.2 Å². The summed E-state index contributed by atoms with van der Waals surface area (Å²) in [6.07, 6.45) is 1.48. The maximum atomic E-state index is 12.0. The molecular weight excluding hydrogens is 286 g/mol. The van der Waals surface area contributed by atoms with Crippen molar-refractivity contribution in [1.29, 1.82) is 0 Å². The fourth-order valence-electron chi connectivity index (χ4n) is 1.56. The quantitative estimate of drug-likeness (QED) is 0.602. The summed E-state index contributed by atoms with van der Waals surface area (Å²) in [5.41, 5.74) is -1.02. The van der Waals surface area contributed by atoms with Crippen LogP contribution in [0.3, 0.4) is 0 Å². The van der Waals surface area contributed by atoms with Gasteiger partial charge in [0.15, 0.2) is 10.5 Å². The number of hydrogen-bond donors (Lipinski definition) is 3. The van der Waals surface area contributed by atoms with E-state index in [2.05, 4.69) is 10.3 Å². The van der Waals surface area contributed by atoms with Gasteiger partial charge in [-0.05, 0) is 0 Å². The average molecular weight is 299 g/mol. The van der Waals surface area contributed by atoms with Gasteiger partial charge in [0, 0.05) is 18.1 Å². The molecule has 0 saturated heterocycles. The van der Waals surface area contributed by atoms with Gasteiger partial charge in [-0.15, -0.1) is 11.3 Å². The first-order chi connectivity index (χ1) is 9.65. The smallest absolute Gasteiger partial charge is 0.275 e. The van der Waals surface area contributed by atoms with Gasteiger partial charge in [0.2, 0.25) is 5.88 Å².